The van der Waals surface area contributed by atoms with E-state index in [4.69, 9.17) is 9.15 Å². The number of aromatic nitrogens is 3. The summed E-state index contributed by atoms with van der Waals surface area (Å²) in [6, 6.07) is 6.95. The standard InChI is InChI=1S/C18H20N4O4S/c1-3-16-20-21-18(26-16)14-11-22(9-10-25-14)27(23,24)15-7-6-12(2)17-13(15)5-4-8-19-17/h4-8,14H,3,9-11H2,1-2H3/t14-/m0/s1. The van der Waals surface area contributed by atoms with E-state index in [1.165, 1.54) is 4.31 Å². The molecule has 0 bridgehead atoms. The average Bonchev–Trinajstić information content (AvgIpc) is 3.18. The molecule has 1 aromatic carbocycles. The van der Waals surface area contributed by atoms with Gasteiger partial charge in [-0.2, -0.15) is 4.31 Å². The third-order valence-corrected chi connectivity index (χ3v) is 6.56. The molecule has 0 spiro atoms. The summed E-state index contributed by atoms with van der Waals surface area (Å²) < 4.78 is 39.3. The molecule has 1 fully saturated rings. The second-order valence-corrected chi connectivity index (χ2v) is 8.30. The molecule has 0 N–H and O–H groups in total. The van der Waals surface area contributed by atoms with E-state index < -0.39 is 16.1 Å². The molecule has 9 heteroatoms. The Labute approximate surface area is 157 Å². The van der Waals surface area contributed by atoms with Crippen molar-refractivity contribution in [2.75, 3.05) is 19.7 Å². The molecule has 0 unspecified atom stereocenters. The zero-order chi connectivity index (χ0) is 19.0. The van der Waals surface area contributed by atoms with Crippen LogP contribution in [0.5, 0.6) is 0 Å². The molecule has 1 atom stereocenters. The third-order valence-electron chi connectivity index (χ3n) is 4.64. The Morgan fingerprint density at radius 2 is 2.11 bits per heavy atom. The van der Waals surface area contributed by atoms with Gasteiger partial charge in [-0.15, -0.1) is 10.2 Å². The van der Waals surface area contributed by atoms with Crippen LogP contribution in [-0.2, 0) is 21.2 Å². The molecule has 27 heavy (non-hydrogen) atoms. The van der Waals surface area contributed by atoms with Gasteiger partial charge in [0.05, 0.1) is 17.0 Å². The lowest BCUT2D eigenvalue weighted by molar-refractivity contribution is -0.0177. The van der Waals surface area contributed by atoms with Crippen molar-refractivity contribution in [3.63, 3.8) is 0 Å². The first-order chi connectivity index (χ1) is 13.0. The van der Waals surface area contributed by atoms with Crippen molar-refractivity contribution in [2.24, 2.45) is 0 Å². The van der Waals surface area contributed by atoms with E-state index in [-0.39, 0.29) is 24.6 Å². The molecule has 0 aliphatic carbocycles. The van der Waals surface area contributed by atoms with Gasteiger partial charge in [0.1, 0.15) is 6.10 Å². The summed E-state index contributed by atoms with van der Waals surface area (Å²) >= 11 is 0. The van der Waals surface area contributed by atoms with Crippen molar-refractivity contribution in [1.29, 1.82) is 0 Å². The maximum atomic E-state index is 13.3. The van der Waals surface area contributed by atoms with Crippen LogP contribution in [0.15, 0.2) is 39.8 Å². The lowest BCUT2D eigenvalue weighted by Gasteiger charge is -2.30. The van der Waals surface area contributed by atoms with E-state index in [0.29, 0.717) is 29.1 Å². The van der Waals surface area contributed by atoms with Gasteiger partial charge < -0.3 is 9.15 Å². The monoisotopic (exact) mass is 388 g/mol. The van der Waals surface area contributed by atoms with Crippen molar-refractivity contribution < 1.29 is 17.6 Å². The summed E-state index contributed by atoms with van der Waals surface area (Å²) in [5, 5.41) is 8.54. The highest BCUT2D eigenvalue weighted by Crippen LogP contribution is 2.30. The summed E-state index contributed by atoms with van der Waals surface area (Å²) in [5.41, 5.74) is 1.62. The zero-order valence-electron chi connectivity index (χ0n) is 15.1. The molecule has 0 amide bonds. The number of benzene rings is 1. The first-order valence-electron chi connectivity index (χ1n) is 8.79. The number of hydrogen-bond acceptors (Lipinski definition) is 7. The molecule has 0 radical (unpaired) electrons. The van der Waals surface area contributed by atoms with Crippen molar-refractivity contribution in [2.45, 2.75) is 31.3 Å². The maximum Gasteiger partial charge on any atom is 0.246 e. The Hall–Kier alpha value is -2.36. The molecule has 3 heterocycles. The number of pyridine rings is 1. The van der Waals surface area contributed by atoms with Gasteiger partial charge in [0.25, 0.3) is 0 Å². The Morgan fingerprint density at radius 3 is 2.89 bits per heavy atom. The zero-order valence-corrected chi connectivity index (χ0v) is 15.9. The molecule has 3 aromatic rings. The molecule has 0 saturated carbocycles. The number of morpholine rings is 1. The van der Waals surface area contributed by atoms with Crippen LogP contribution in [0, 0.1) is 6.92 Å². The molecule has 1 aliphatic heterocycles. The fourth-order valence-electron chi connectivity index (χ4n) is 3.18. The molecule has 8 nitrogen and oxygen atoms in total. The van der Waals surface area contributed by atoms with E-state index in [9.17, 15) is 8.42 Å². The third kappa shape index (κ3) is 3.22. The fourth-order valence-corrected chi connectivity index (χ4v) is 4.79. The normalized spacial score (nSPS) is 18.8. The van der Waals surface area contributed by atoms with Crippen LogP contribution in [-0.4, -0.2) is 47.6 Å². The molecular formula is C18H20N4O4S. The summed E-state index contributed by atoms with van der Waals surface area (Å²) in [5.74, 6) is 0.811. The van der Waals surface area contributed by atoms with E-state index >= 15 is 0 Å². The van der Waals surface area contributed by atoms with E-state index in [1.54, 1.807) is 30.5 Å². The van der Waals surface area contributed by atoms with Crippen LogP contribution < -0.4 is 0 Å². The quantitative estimate of drug-likeness (QED) is 0.676. The minimum Gasteiger partial charge on any atom is -0.422 e. The largest absolute Gasteiger partial charge is 0.422 e. The Kier molecular flexibility index (Phi) is 4.67. The van der Waals surface area contributed by atoms with Crippen LogP contribution in [0.25, 0.3) is 10.9 Å². The van der Waals surface area contributed by atoms with Crippen LogP contribution in [0.3, 0.4) is 0 Å². The minimum atomic E-state index is -3.72. The van der Waals surface area contributed by atoms with Crippen molar-refractivity contribution in [3.8, 4) is 0 Å². The van der Waals surface area contributed by atoms with Crippen molar-refractivity contribution >= 4 is 20.9 Å². The van der Waals surface area contributed by atoms with Gasteiger partial charge in [-0.25, -0.2) is 8.42 Å². The SMILES string of the molecule is CCc1nnc([C@@H]2CN(S(=O)(=O)c3ccc(C)c4ncccc34)CCO2)o1. The van der Waals surface area contributed by atoms with Gasteiger partial charge in [-0.1, -0.05) is 13.0 Å². The van der Waals surface area contributed by atoms with Crippen LogP contribution in [0.2, 0.25) is 0 Å². The molecule has 1 aliphatic rings. The van der Waals surface area contributed by atoms with Crippen LogP contribution in [0.4, 0.5) is 0 Å². The first-order valence-corrected chi connectivity index (χ1v) is 10.2. The minimum absolute atomic E-state index is 0.128. The van der Waals surface area contributed by atoms with E-state index in [0.717, 1.165) is 5.56 Å². The Bertz CT molecular complexity index is 1080. The molecule has 1 saturated heterocycles. The predicted octanol–water partition coefficient (Wildman–Crippen LogP) is 2.25. The van der Waals surface area contributed by atoms with Gasteiger partial charge in [0, 0.05) is 31.1 Å². The smallest absolute Gasteiger partial charge is 0.246 e. The predicted molar refractivity (Wildman–Crippen MR) is 97.6 cm³/mol. The van der Waals surface area contributed by atoms with Crippen molar-refractivity contribution in [1.82, 2.24) is 19.5 Å². The van der Waals surface area contributed by atoms with Gasteiger partial charge in [0.15, 0.2) is 0 Å². The molecular weight excluding hydrogens is 368 g/mol. The van der Waals surface area contributed by atoms with Crippen molar-refractivity contribution in [3.05, 3.63) is 47.8 Å². The fraction of sp³-hybridized carbons (Fsp3) is 0.389. The Balaban J connectivity index is 1.69. The first kappa shape index (κ1) is 18.0. The topological polar surface area (TPSA) is 98.4 Å². The lowest BCUT2D eigenvalue weighted by Crippen LogP contribution is -2.42. The number of fused-ring (bicyclic) bond motifs is 1. The lowest BCUT2D eigenvalue weighted by atomic mass is 10.1. The summed E-state index contributed by atoms with van der Waals surface area (Å²) in [6.45, 7) is 4.48. The van der Waals surface area contributed by atoms with Crippen LogP contribution in [0.1, 0.15) is 30.4 Å². The Morgan fingerprint density at radius 1 is 1.26 bits per heavy atom. The number of nitrogens with zero attached hydrogens (tertiary/aromatic N) is 4. The number of hydrogen-bond donors (Lipinski definition) is 0. The molecule has 2 aromatic heterocycles. The summed E-state index contributed by atoms with van der Waals surface area (Å²) in [7, 11) is -3.72. The number of rotatable bonds is 4. The molecule has 142 valence electrons. The maximum absolute atomic E-state index is 13.3. The number of ether oxygens (including phenoxy) is 1. The van der Waals surface area contributed by atoms with Gasteiger partial charge >= 0.3 is 0 Å². The van der Waals surface area contributed by atoms with Gasteiger partial charge in [-0.05, 0) is 30.7 Å². The highest BCUT2D eigenvalue weighted by molar-refractivity contribution is 7.89. The number of aryl methyl sites for hydroxylation is 2. The summed E-state index contributed by atoms with van der Waals surface area (Å²) in [4.78, 5) is 4.58. The van der Waals surface area contributed by atoms with E-state index in [2.05, 4.69) is 15.2 Å². The average molecular weight is 388 g/mol. The highest BCUT2D eigenvalue weighted by atomic mass is 32.2. The summed E-state index contributed by atoms with van der Waals surface area (Å²) in [6.07, 6.45) is 1.71. The second-order valence-electron chi connectivity index (χ2n) is 6.39. The van der Waals surface area contributed by atoms with Gasteiger partial charge in [0.2, 0.25) is 21.8 Å². The van der Waals surface area contributed by atoms with Crippen LogP contribution >= 0.6 is 0 Å². The molecule has 4 rings (SSSR count). The highest BCUT2D eigenvalue weighted by Gasteiger charge is 2.34. The number of sulfonamides is 1. The van der Waals surface area contributed by atoms with E-state index in [1.807, 2.05) is 13.8 Å². The second kappa shape index (κ2) is 6.99. The van der Waals surface area contributed by atoms with Gasteiger partial charge in [-0.3, -0.25) is 4.98 Å².